The Balaban J connectivity index is 1.70. The minimum Gasteiger partial charge on any atom is -0.497 e. The third kappa shape index (κ3) is 4.83. The Morgan fingerprint density at radius 2 is 2.00 bits per heavy atom. The Kier molecular flexibility index (Phi) is 5.77. The van der Waals surface area contributed by atoms with Gasteiger partial charge in [-0.25, -0.2) is 4.79 Å². The van der Waals surface area contributed by atoms with Crippen LogP contribution in [0.2, 0.25) is 0 Å². The molecular formula is C20H22F3NO5. The van der Waals surface area contributed by atoms with E-state index in [0.717, 1.165) is 17.7 Å². The lowest BCUT2D eigenvalue weighted by atomic mass is 10.1. The fraction of sp³-hybridized carbons (Fsp3) is 0.500. The minimum atomic E-state index is -4.53. The molecule has 1 aromatic heterocycles. The van der Waals surface area contributed by atoms with Crippen molar-refractivity contribution in [3.8, 4) is 5.75 Å². The molecule has 2 aromatic rings. The van der Waals surface area contributed by atoms with E-state index >= 15 is 0 Å². The molecule has 1 aliphatic carbocycles. The molecule has 0 bridgehead atoms. The Bertz CT molecular complexity index is 917. The van der Waals surface area contributed by atoms with Crippen molar-refractivity contribution in [2.75, 3.05) is 20.3 Å². The predicted octanol–water partition coefficient (Wildman–Crippen LogP) is 4.10. The summed E-state index contributed by atoms with van der Waals surface area (Å²) in [5, 5.41) is 0.642. The first-order valence-corrected chi connectivity index (χ1v) is 9.21. The monoisotopic (exact) mass is 413 g/mol. The number of hydrogen-bond donors (Lipinski definition) is 0. The van der Waals surface area contributed by atoms with E-state index in [1.807, 2.05) is 0 Å². The molecule has 3 rings (SSSR count). The van der Waals surface area contributed by atoms with Crippen LogP contribution in [0.25, 0.3) is 11.0 Å². The highest BCUT2D eigenvalue weighted by molar-refractivity contribution is 5.97. The van der Waals surface area contributed by atoms with Gasteiger partial charge in [-0.2, -0.15) is 13.2 Å². The summed E-state index contributed by atoms with van der Waals surface area (Å²) in [6.45, 7) is 1.07. The number of rotatable bonds is 7. The molecule has 1 heterocycles. The van der Waals surface area contributed by atoms with Crippen molar-refractivity contribution < 1.29 is 36.7 Å². The average molecular weight is 413 g/mol. The van der Waals surface area contributed by atoms with Crippen LogP contribution in [0.4, 0.5) is 13.2 Å². The molecule has 158 valence electrons. The number of esters is 1. The fourth-order valence-corrected chi connectivity index (χ4v) is 3.28. The van der Waals surface area contributed by atoms with E-state index < -0.39 is 37.2 Å². The molecule has 9 heteroatoms. The maximum Gasteiger partial charge on any atom is 0.406 e. The van der Waals surface area contributed by atoms with Crippen molar-refractivity contribution in [2.45, 2.75) is 38.9 Å². The molecule has 1 fully saturated rings. The number of carbonyl (C=O) groups is 2. The van der Waals surface area contributed by atoms with Gasteiger partial charge in [-0.05, 0) is 50.8 Å². The molecule has 1 amide bonds. The van der Waals surface area contributed by atoms with Gasteiger partial charge < -0.3 is 18.8 Å². The van der Waals surface area contributed by atoms with E-state index in [4.69, 9.17) is 13.9 Å². The van der Waals surface area contributed by atoms with Crippen LogP contribution in [0, 0.1) is 12.8 Å². The van der Waals surface area contributed by atoms with E-state index in [-0.39, 0.29) is 11.7 Å². The highest BCUT2D eigenvalue weighted by Crippen LogP contribution is 2.36. The van der Waals surface area contributed by atoms with Crippen molar-refractivity contribution in [3.05, 3.63) is 29.5 Å². The first-order valence-electron chi connectivity index (χ1n) is 9.21. The van der Waals surface area contributed by atoms with Gasteiger partial charge in [0.1, 0.15) is 17.9 Å². The maximum atomic E-state index is 12.9. The van der Waals surface area contributed by atoms with Crippen LogP contribution < -0.4 is 4.74 Å². The van der Waals surface area contributed by atoms with Crippen LogP contribution >= 0.6 is 0 Å². The number of carbonyl (C=O) groups excluding carboxylic acids is 2. The predicted molar refractivity (Wildman–Crippen MR) is 97.7 cm³/mol. The van der Waals surface area contributed by atoms with Crippen molar-refractivity contribution >= 4 is 22.8 Å². The number of hydrogen-bond acceptors (Lipinski definition) is 5. The zero-order chi connectivity index (χ0) is 21.3. The van der Waals surface area contributed by atoms with Crippen molar-refractivity contribution in [1.82, 2.24) is 4.90 Å². The van der Waals surface area contributed by atoms with E-state index in [1.54, 1.807) is 32.0 Å². The second kappa shape index (κ2) is 7.96. The Hall–Kier alpha value is -2.71. The first kappa shape index (κ1) is 21.0. The molecular weight excluding hydrogens is 391 g/mol. The van der Waals surface area contributed by atoms with Crippen LogP contribution in [0.3, 0.4) is 0 Å². The highest BCUT2D eigenvalue weighted by Gasteiger charge is 2.40. The van der Waals surface area contributed by atoms with E-state index in [1.165, 1.54) is 7.11 Å². The molecule has 0 N–H and O–H groups in total. The number of nitrogens with zero attached hydrogens (tertiary/aromatic N) is 1. The first-order chi connectivity index (χ1) is 13.6. The summed E-state index contributed by atoms with van der Waals surface area (Å²) in [5.74, 6) is -1.26. The number of alkyl halides is 3. The van der Waals surface area contributed by atoms with Gasteiger partial charge >= 0.3 is 12.1 Å². The highest BCUT2D eigenvalue weighted by atomic mass is 19.4. The van der Waals surface area contributed by atoms with E-state index in [0.29, 0.717) is 22.3 Å². The second-order valence-electron chi connectivity index (χ2n) is 7.21. The molecule has 1 aliphatic rings. The average Bonchev–Trinajstić information content (AvgIpc) is 3.47. The number of ether oxygens (including phenoxy) is 2. The largest absolute Gasteiger partial charge is 0.497 e. The third-order valence-electron chi connectivity index (χ3n) is 5.12. The van der Waals surface area contributed by atoms with Crippen molar-refractivity contribution in [1.29, 1.82) is 0 Å². The summed E-state index contributed by atoms with van der Waals surface area (Å²) in [6, 6.07) is 4.42. The van der Waals surface area contributed by atoms with Crippen LogP contribution in [-0.4, -0.2) is 49.3 Å². The third-order valence-corrected chi connectivity index (χ3v) is 5.12. The summed E-state index contributed by atoms with van der Waals surface area (Å²) >= 11 is 0. The number of fused-ring (bicyclic) bond motifs is 1. The number of furan rings is 1. The lowest BCUT2D eigenvalue weighted by Gasteiger charge is -2.30. The van der Waals surface area contributed by atoms with Crippen LogP contribution in [0.15, 0.2) is 22.6 Å². The summed E-state index contributed by atoms with van der Waals surface area (Å²) in [6.07, 6.45) is -2.97. The molecule has 0 spiro atoms. The van der Waals surface area contributed by atoms with Crippen molar-refractivity contribution in [3.63, 3.8) is 0 Å². The molecule has 29 heavy (non-hydrogen) atoms. The van der Waals surface area contributed by atoms with Gasteiger partial charge in [-0.1, -0.05) is 0 Å². The molecule has 1 aromatic carbocycles. The van der Waals surface area contributed by atoms with Gasteiger partial charge in [-0.3, -0.25) is 4.79 Å². The molecule has 0 aliphatic heterocycles. The van der Waals surface area contributed by atoms with Gasteiger partial charge in [0.15, 0.2) is 6.61 Å². The van der Waals surface area contributed by atoms with Crippen LogP contribution in [0.5, 0.6) is 5.75 Å². The van der Waals surface area contributed by atoms with Crippen LogP contribution in [-0.2, 0) is 9.53 Å². The summed E-state index contributed by atoms with van der Waals surface area (Å²) < 4.78 is 54.3. The number of benzene rings is 1. The van der Waals surface area contributed by atoms with Crippen LogP contribution in [0.1, 0.15) is 35.9 Å². The summed E-state index contributed by atoms with van der Waals surface area (Å²) in [4.78, 5) is 25.5. The Morgan fingerprint density at radius 1 is 1.31 bits per heavy atom. The van der Waals surface area contributed by atoms with E-state index in [2.05, 4.69) is 0 Å². The normalized spacial score (nSPS) is 15.2. The number of amides is 1. The molecule has 0 saturated heterocycles. The fourth-order valence-electron chi connectivity index (χ4n) is 3.28. The topological polar surface area (TPSA) is 69.0 Å². The zero-order valence-electron chi connectivity index (χ0n) is 16.3. The molecule has 6 nitrogen and oxygen atoms in total. The molecule has 1 atom stereocenters. The lowest BCUT2D eigenvalue weighted by molar-refractivity contribution is -0.167. The molecule has 0 radical (unpaired) electrons. The Morgan fingerprint density at radius 3 is 2.59 bits per heavy atom. The van der Waals surface area contributed by atoms with Gasteiger partial charge in [-0.15, -0.1) is 0 Å². The minimum absolute atomic E-state index is 0.0459. The summed E-state index contributed by atoms with van der Waals surface area (Å²) in [5.41, 5.74) is 0.928. The van der Waals surface area contributed by atoms with Crippen molar-refractivity contribution in [2.24, 2.45) is 5.92 Å². The lowest BCUT2D eigenvalue weighted by Crippen LogP contribution is -2.47. The van der Waals surface area contributed by atoms with Gasteiger partial charge in [0.25, 0.3) is 5.91 Å². The Labute approximate surface area is 165 Å². The SMILES string of the molecule is COc1ccc2oc(C(=O)OCC(=O)N(CC(F)(F)F)[C@H](C)C3CC3)c(C)c2c1. The zero-order valence-corrected chi connectivity index (χ0v) is 16.3. The summed E-state index contributed by atoms with van der Waals surface area (Å²) in [7, 11) is 1.51. The molecule has 1 saturated carbocycles. The number of halogens is 3. The quantitative estimate of drug-likeness (QED) is 0.640. The van der Waals surface area contributed by atoms with Gasteiger partial charge in [0.05, 0.1) is 7.11 Å². The smallest absolute Gasteiger partial charge is 0.406 e. The van der Waals surface area contributed by atoms with E-state index in [9.17, 15) is 22.8 Å². The molecule has 0 unspecified atom stereocenters. The number of methoxy groups -OCH3 is 1. The van der Waals surface area contributed by atoms with Gasteiger partial charge in [0.2, 0.25) is 5.76 Å². The maximum absolute atomic E-state index is 12.9. The second-order valence-corrected chi connectivity index (χ2v) is 7.21. The number of aryl methyl sites for hydroxylation is 1. The van der Waals surface area contributed by atoms with Gasteiger partial charge in [0, 0.05) is 17.0 Å². The standard InChI is InChI=1S/C20H22F3NO5/c1-11-15-8-14(27-3)6-7-16(15)29-18(11)19(26)28-9-17(25)24(10-20(21,22)23)12(2)13-4-5-13/h6-8,12-13H,4-5,9-10H2,1-3H3/t12-/m1/s1.